The molecule has 21 heavy (non-hydrogen) atoms. The number of nitrogens with two attached hydrogens (primary N) is 1. The number of benzene rings is 2. The number of H-pyrrole nitrogens is 1. The van der Waals surface area contributed by atoms with E-state index in [0.29, 0.717) is 5.65 Å². The monoisotopic (exact) mass is 277 g/mol. The summed E-state index contributed by atoms with van der Waals surface area (Å²) < 4.78 is 1.78. The van der Waals surface area contributed by atoms with E-state index in [-0.39, 0.29) is 17.0 Å². The van der Waals surface area contributed by atoms with Crippen LogP contribution < -0.4 is 11.3 Å². The van der Waals surface area contributed by atoms with Crippen molar-refractivity contribution < 1.29 is 0 Å². The summed E-state index contributed by atoms with van der Waals surface area (Å²) in [5, 5.41) is 2.16. The normalized spacial score (nSPS) is 11.2. The number of nitrogens with zero attached hydrogens (tertiary/aromatic N) is 3. The second-order valence-corrected chi connectivity index (χ2v) is 4.74. The lowest BCUT2D eigenvalue weighted by Gasteiger charge is -2.08. The first-order valence-electron chi connectivity index (χ1n) is 6.45. The summed E-state index contributed by atoms with van der Waals surface area (Å²) in [6, 6.07) is 14.0. The van der Waals surface area contributed by atoms with Gasteiger partial charge in [0.25, 0.3) is 5.56 Å². The fourth-order valence-electron chi connectivity index (χ4n) is 2.52. The fourth-order valence-corrected chi connectivity index (χ4v) is 2.52. The number of fused-ring (bicyclic) bond motifs is 2. The van der Waals surface area contributed by atoms with Crippen molar-refractivity contribution in [2.45, 2.75) is 0 Å². The molecule has 0 bridgehead atoms. The van der Waals surface area contributed by atoms with Crippen molar-refractivity contribution in [2.75, 3.05) is 5.73 Å². The third kappa shape index (κ3) is 1.69. The lowest BCUT2D eigenvalue weighted by atomic mass is 10.1. The van der Waals surface area contributed by atoms with E-state index in [9.17, 15) is 4.79 Å². The van der Waals surface area contributed by atoms with Crippen molar-refractivity contribution >= 4 is 27.9 Å². The Morgan fingerprint density at radius 2 is 1.90 bits per heavy atom. The minimum absolute atomic E-state index is 0.0782. The number of nitrogens with one attached hydrogen (secondary N) is 1. The molecule has 0 aliphatic rings. The first-order valence-corrected chi connectivity index (χ1v) is 6.45. The standard InChI is InChI=1S/C15H11N5O/c16-15-18-13-12(14(21)19-15)17-8-20(13)11-7-3-5-9-4-1-2-6-10(9)11/h1-8H,(H3,16,18,19,21). The van der Waals surface area contributed by atoms with Crippen LogP contribution >= 0.6 is 0 Å². The van der Waals surface area contributed by atoms with Gasteiger partial charge < -0.3 is 5.73 Å². The van der Waals surface area contributed by atoms with E-state index in [2.05, 4.69) is 15.0 Å². The van der Waals surface area contributed by atoms with Gasteiger partial charge in [-0.3, -0.25) is 14.3 Å². The number of anilines is 1. The topological polar surface area (TPSA) is 89.6 Å². The molecule has 4 aromatic rings. The van der Waals surface area contributed by atoms with E-state index in [4.69, 9.17) is 5.73 Å². The van der Waals surface area contributed by atoms with Crippen molar-refractivity contribution in [3.8, 4) is 5.69 Å². The highest BCUT2D eigenvalue weighted by atomic mass is 16.1. The van der Waals surface area contributed by atoms with Crippen LogP contribution in [0.2, 0.25) is 0 Å². The Morgan fingerprint density at radius 3 is 2.81 bits per heavy atom. The van der Waals surface area contributed by atoms with Gasteiger partial charge in [0.15, 0.2) is 11.2 Å². The van der Waals surface area contributed by atoms with E-state index < -0.39 is 0 Å². The summed E-state index contributed by atoms with van der Waals surface area (Å²) >= 11 is 0. The van der Waals surface area contributed by atoms with Crippen LogP contribution in [0.5, 0.6) is 0 Å². The second kappa shape index (κ2) is 4.17. The first kappa shape index (κ1) is 11.7. The summed E-state index contributed by atoms with van der Waals surface area (Å²) in [5.74, 6) is 0.0782. The number of hydrogen-bond acceptors (Lipinski definition) is 4. The molecule has 0 aliphatic carbocycles. The Kier molecular flexibility index (Phi) is 2.32. The van der Waals surface area contributed by atoms with Crippen molar-refractivity contribution in [1.82, 2.24) is 19.5 Å². The van der Waals surface area contributed by atoms with Gasteiger partial charge in [0, 0.05) is 5.39 Å². The van der Waals surface area contributed by atoms with E-state index in [1.165, 1.54) is 0 Å². The van der Waals surface area contributed by atoms with Crippen molar-refractivity contribution in [3.63, 3.8) is 0 Å². The molecule has 2 heterocycles. The molecule has 0 atom stereocenters. The number of nitrogen functional groups attached to an aromatic ring is 1. The predicted octanol–water partition coefficient (Wildman–Crippen LogP) is 1.84. The molecule has 0 unspecified atom stereocenters. The average Bonchev–Trinajstić information content (AvgIpc) is 2.90. The van der Waals surface area contributed by atoms with E-state index >= 15 is 0 Å². The molecule has 0 amide bonds. The van der Waals surface area contributed by atoms with Gasteiger partial charge in [-0.2, -0.15) is 4.98 Å². The zero-order valence-electron chi connectivity index (χ0n) is 10.9. The van der Waals surface area contributed by atoms with Crippen LogP contribution in [0.25, 0.3) is 27.6 Å². The fraction of sp³-hybridized carbons (Fsp3) is 0. The summed E-state index contributed by atoms with van der Waals surface area (Å²) in [7, 11) is 0. The minimum atomic E-state index is -0.337. The summed E-state index contributed by atoms with van der Waals surface area (Å²) in [5.41, 5.74) is 6.94. The molecule has 0 saturated carbocycles. The summed E-state index contributed by atoms with van der Waals surface area (Å²) in [6.07, 6.45) is 1.59. The zero-order valence-corrected chi connectivity index (χ0v) is 10.9. The lowest BCUT2D eigenvalue weighted by Crippen LogP contribution is -2.12. The largest absolute Gasteiger partial charge is 0.369 e. The van der Waals surface area contributed by atoms with E-state index in [1.807, 2.05) is 42.5 Å². The Bertz CT molecular complexity index is 1030. The second-order valence-electron chi connectivity index (χ2n) is 4.74. The van der Waals surface area contributed by atoms with Gasteiger partial charge in [0.2, 0.25) is 5.95 Å². The lowest BCUT2D eigenvalue weighted by molar-refractivity contribution is 1.07. The maximum atomic E-state index is 11.9. The average molecular weight is 277 g/mol. The molecular weight excluding hydrogens is 266 g/mol. The Hall–Kier alpha value is -3.15. The molecule has 2 aromatic heterocycles. The Balaban J connectivity index is 2.12. The molecule has 2 aromatic carbocycles. The Morgan fingerprint density at radius 1 is 1.10 bits per heavy atom. The number of aromatic nitrogens is 4. The number of imidazole rings is 1. The van der Waals surface area contributed by atoms with Crippen LogP contribution in [0.15, 0.2) is 53.6 Å². The quantitative estimate of drug-likeness (QED) is 0.555. The maximum absolute atomic E-state index is 11.9. The smallest absolute Gasteiger partial charge is 0.280 e. The van der Waals surface area contributed by atoms with Gasteiger partial charge in [0.1, 0.15) is 6.33 Å². The van der Waals surface area contributed by atoms with E-state index in [0.717, 1.165) is 16.5 Å². The van der Waals surface area contributed by atoms with Crippen LogP contribution in [0.1, 0.15) is 0 Å². The number of rotatable bonds is 1. The van der Waals surface area contributed by atoms with Gasteiger partial charge in [-0.15, -0.1) is 0 Å². The Labute approximate surface area is 118 Å². The number of aromatic amines is 1. The molecule has 0 radical (unpaired) electrons. The van der Waals surface area contributed by atoms with Gasteiger partial charge in [-0.05, 0) is 11.5 Å². The maximum Gasteiger partial charge on any atom is 0.280 e. The molecular formula is C15H11N5O. The molecule has 6 heteroatoms. The molecule has 102 valence electrons. The minimum Gasteiger partial charge on any atom is -0.369 e. The van der Waals surface area contributed by atoms with Crippen molar-refractivity contribution in [2.24, 2.45) is 0 Å². The highest BCUT2D eigenvalue weighted by Crippen LogP contribution is 2.24. The zero-order chi connectivity index (χ0) is 14.4. The highest BCUT2D eigenvalue weighted by molar-refractivity contribution is 5.91. The molecule has 3 N–H and O–H groups in total. The van der Waals surface area contributed by atoms with Crippen LogP contribution in [0.4, 0.5) is 5.95 Å². The van der Waals surface area contributed by atoms with Gasteiger partial charge in [-0.25, -0.2) is 4.98 Å². The molecule has 0 aliphatic heterocycles. The molecule has 6 nitrogen and oxygen atoms in total. The molecule has 0 saturated heterocycles. The van der Waals surface area contributed by atoms with Crippen LogP contribution in [0.3, 0.4) is 0 Å². The molecule has 4 rings (SSSR count). The SMILES string of the molecule is Nc1nc2c(ncn2-c2cccc3ccccc23)c(=O)[nH]1. The van der Waals surface area contributed by atoms with Gasteiger partial charge in [0.05, 0.1) is 5.69 Å². The first-order chi connectivity index (χ1) is 10.2. The van der Waals surface area contributed by atoms with Crippen LogP contribution in [-0.2, 0) is 0 Å². The van der Waals surface area contributed by atoms with E-state index in [1.54, 1.807) is 10.9 Å². The van der Waals surface area contributed by atoms with Gasteiger partial charge >= 0.3 is 0 Å². The van der Waals surface area contributed by atoms with Gasteiger partial charge in [-0.1, -0.05) is 36.4 Å². The molecule has 0 spiro atoms. The predicted molar refractivity (Wildman–Crippen MR) is 81.4 cm³/mol. The third-order valence-corrected chi connectivity index (χ3v) is 3.45. The summed E-state index contributed by atoms with van der Waals surface area (Å²) in [6.45, 7) is 0. The highest BCUT2D eigenvalue weighted by Gasteiger charge is 2.12. The molecule has 0 fully saturated rings. The third-order valence-electron chi connectivity index (χ3n) is 3.45. The summed E-state index contributed by atoms with van der Waals surface area (Å²) in [4.78, 5) is 22.7. The van der Waals surface area contributed by atoms with Crippen molar-refractivity contribution in [3.05, 3.63) is 59.1 Å². The van der Waals surface area contributed by atoms with Crippen molar-refractivity contribution in [1.29, 1.82) is 0 Å². The van der Waals surface area contributed by atoms with Crippen LogP contribution in [-0.4, -0.2) is 19.5 Å². The van der Waals surface area contributed by atoms with Crippen LogP contribution in [0, 0.1) is 0 Å². The number of hydrogen-bond donors (Lipinski definition) is 2.